The maximum absolute atomic E-state index is 13.9. The SMILES string of the molecule is Cn1ncc2cc3cccc(CN(C(=O)C4CCCCC4)c4cncc(C=CC(=O)O)c4)c3c(Cl)c21. The smallest absolute Gasteiger partial charge is 0.328 e. The van der Waals surface area contributed by atoms with Gasteiger partial charge in [-0.1, -0.05) is 49.1 Å². The Morgan fingerprint density at radius 3 is 2.72 bits per heavy atom. The molecule has 1 aliphatic carbocycles. The van der Waals surface area contributed by atoms with E-state index in [1.807, 2.05) is 25.2 Å². The molecular formula is C28H27ClN4O3. The van der Waals surface area contributed by atoms with Crippen LogP contribution in [0.3, 0.4) is 0 Å². The van der Waals surface area contributed by atoms with E-state index in [1.165, 1.54) is 6.08 Å². The molecule has 0 aliphatic heterocycles. The van der Waals surface area contributed by atoms with Crippen molar-refractivity contribution >= 4 is 56.9 Å². The highest BCUT2D eigenvalue weighted by Crippen LogP contribution is 2.36. The van der Waals surface area contributed by atoms with Crippen LogP contribution in [0.5, 0.6) is 0 Å². The highest BCUT2D eigenvalue weighted by molar-refractivity contribution is 6.40. The second kappa shape index (κ2) is 10.1. The first-order valence-electron chi connectivity index (χ1n) is 12.1. The van der Waals surface area contributed by atoms with Crippen LogP contribution < -0.4 is 4.90 Å². The first kappa shape index (κ1) is 24.0. The van der Waals surface area contributed by atoms with Gasteiger partial charge >= 0.3 is 5.97 Å². The lowest BCUT2D eigenvalue weighted by Crippen LogP contribution is -2.37. The summed E-state index contributed by atoms with van der Waals surface area (Å²) >= 11 is 6.94. The number of hydrogen-bond donors (Lipinski definition) is 1. The first-order valence-corrected chi connectivity index (χ1v) is 12.5. The topological polar surface area (TPSA) is 88.3 Å². The number of benzene rings is 2. The number of pyridine rings is 1. The molecule has 1 saturated carbocycles. The number of aromatic nitrogens is 3. The number of fused-ring (bicyclic) bond motifs is 2. The highest BCUT2D eigenvalue weighted by atomic mass is 35.5. The van der Waals surface area contributed by atoms with Crippen molar-refractivity contribution in [1.82, 2.24) is 14.8 Å². The summed E-state index contributed by atoms with van der Waals surface area (Å²) in [6, 6.07) is 9.87. The van der Waals surface area contributed by atoms with Gasteiger partial charge in [0.05, 0.1) is 35.2 Å². The van der Waals surface area contributed by atoms with Crippen molar-refractivity contribution in [3.8, 4) is 0 Å². The third kappa shape index (κ3) is 4.71. The van der Waals surface area contributed by atoms with Gasteiger partial charge in [-0.15, -0.1) is 0 Å². The predicted octanol–water partition coefficient (Wildman–Crippen LogP) is 5.99. The predicted molar refractivity (Wildman–Crippen MR) is 142 cm³/mol. The van der Waals surface area contributed by atoms with Crippen molar-refractivity contribution in [2.75, 3.05) is 4.90 Å². The summed E-state index contributed by atoms with van der Waals surface area (Å²) in [5, 5.41) is 16.8. The minimum absolute atomic E-state index is 0.0498. The molecule has 0 atom stereocenters. The van der Waals surface area contributed by atoms with Crippen LogP contribution in [-0.4, -0.2) is 31.7 Å². The second-order valence-corrected chi connectivity index (χ2v) is 9.70. The molecule has 2 aromatic heterocycles. The zero-order valence-corrected chi connectivity index (χ0v) is 20.8. The van der Waals surface area contributed by atoms with Gasteiger partial charge < -0.3 is 10.0 Å². The number of amides is 1. The number of carbonyl (C=O) groups excluding carboxylic acids is 1. The summed E-state index contributed by atoms with van der Waals surface area (Å²) in [5.74, 6) is -1.03. The van der Waals surface area contributed by atoms with Gasteiger partial charge in [-0.25, -0.2) is 4.79 Å². The van der Waals surface area contributed by atoms with Gasteiger partial charge in [0.2, 0.25) is 5.91 Å². The van der Waals surface area contributed by atoms with Crippen molar-refractivity contribution in [2.24, 2.45) is 13.0 Å². The van der Waals surface area contributed by atoms with Gasteiger partial charge in [0, 0.05) is 36.0 Å². The van der Waals surface area contributed by atoms with E-state index in [9.17, 15) is 9.59 Å². The minimum atomic E-state index is -1.04. The van der Waals surface area contributed by atoms with Gasteiger partial charge in [0.15, 0.2) is 0 Å². The van der Waals surface area contributed by atoms with Gasteiger partial charge in [-0.2, -0.15) is 5.10 Å². The zero-order valence-electron chi connectivity index (χ0n) is 20.0. The number of carbonyl (C=O) groups is 2. The quantitative estimate of drug-likeness (QED) is 0.327. The van der Waals surface area contributed by atoms with Crippen LogP contribution >= 0.6 is 11.6 Å². The molecule has 2 heterocycles. The average Bonchev–Trinajstić information content (AvgIpc) is 3.27. The van der Waals surface area contributed by atoms with E-state index in [0.717, 1.165) is 65.4 Å². The molecule has 1 amide bonds. The fraction of sp³-hybridized carbons (Fsp3) is 0.286. The Hall–Kier alpha value is -3.71. The molecule has 1 N–H and O–H groups in total. The van der Waals surface area contributed by atoms with Crippen LogP contribution in [0.15, 0.2) is 55.0 Å². The molecule has 2 aromatic carbocycles. The maximum atomic E-state index is 13.9. The number of aryl methyl sites for hydroxylation is 1. The number of halogens is 1. The fourth-order valence-electron chi connectivity index (χ4n) is 5.14. The van der Waals surface area contributed by atoms with Crippen molar-refractivity contribution in [1.29, 1.82) is 0 Å². The van der Waals surface area contributed by atoms with Crippen molar-refractivity contribution in [2.45, 2.75) is 38.6 Å². The lowest BCUT2D eigenvalue weighted by Gasteiger charge is -2.30. The van der Waals surface area contributed by atoms with Crippen LogP contribution in [0.2, 0.25) is 5.02 Å². The Morgan fingerprint density at radius 2 is 1.94 bits per heavy atom. The Labute approximate surface area is 214 Å². The van der Waals surface area contributed by atoms with E-state index >= 15 is 0 Å². The number of carboxylic acids is 1. The molecule has 1 fully saturated rings. The summed E-state index contributed by atoms with van der Waals surface area (Å²) < 4.78 is 1.76. The summed E-state index contributed by atoms with van der Waals surface area (Å²) in [7, 11) is 1.86. The number of rotatable bonds is 6. The Kier molecular flexibility index (Phi) is 6.74. The largest absolute Gasteiger partial charge is 0.478 e. The van der Waals surface area contributed by atoms with E-state index in [2.05, 4.69) is 16.1 Å². The van der Waals surface area contributed by atoms with Gasteiger partial charge in [-0.3, -0.25) is 14.5 Å². The third-order valence-corrected chi connectivity index (χ3v) is 7.28. The number of aliphatic carboxylic acids is 1. The Morgan fingerprint density at radius 1 is 1.14 bits per heavy atom. The van der Waals surface area contributed by atoms with Crippen molar-refractivity contribution in [3.05, 3.63) is 71.1 Å². The number of carboxylic acid groups (broad SMARTS) is 1. The normalized spacial score (nSPS) is 14.6. The number of nitrogens with zero attached hydrogens (tertiary/aromatic N) is 4. The third-order valence-electron chi connectivity index (χ3n) is 6.91. The van der Waals surface area contributed by atoms with E-state index in [0.29, 0.717) is 22.8 Å². The van der Waals surface area contributed by atoms with Crippen LogP contribution in [-0.2, 0) is 23.2 Å². The first-order chi connectivity index (χ1) is 17.4. The molecule has 0 spiro atoms. The standard InChI is InChI=1S/C28H27ClN4O3/c1-32-27-22(15-31-32)13-20-8-5-9-21(25(20)26(27)29)17-33(28(36)19-6-3-2-4-7-19)23-12-18(14-30-16-23)10-11-24(34)35/h5,8-16,19H,2-4,6-7,17H2,1H3,(H,34,35). The van der Waals surface area contributed by atoms with Crippen molar-refractivity contribution < 1.29 is 14.7 Å². The van der Waals surface area contributed by atoms with E-state index in [-0.39, 0.29) is 11.8 Å². The molecule has 0 unspecified atom stereocenters. The molecule has 5 rings (SSSR count). The molecule has 4 aromatic rings. The van der Waals surface area contributed by atoms with Gasteiger partial charge in [0.25, 0.3) is 0 Å². The van der Waals surface area contributed by atoms with Crippen molar-refractivity contribution in [3.63, 3.8) is 0 Å². The highest BCUT2D eigenvalue weighted by Gasteiger charge is 2.28. The molecule has 8 heteroatoms. The van der Waals surface area contributed by atoms with E-state index in [4.69, 9.17) is 16.7 Å². The molecule has 0 bridgehead atoms. The fourth-order valence-corrected chi connectivity index (χ4v) is 5.60. The Bertz CT molecular complexity index is 1490. The lowest BCUT2D eigenvalue weighted by molar-refractivity contribution is -0.131. The van der Waals surface area contributed by atoms with E-state index in [1.54, 1.807) is 34.2 Å². The summed E-state index contributed by atoms with van der Waals surface area (Å²) in [5.41, 5.74) is 3.03. The van der Waals surface area contributed by atoms with Gasteiger partial charge in [-0.05, 0) is 47.6 Å². The summed E-state index contributed by atoms with van der Waals surface area (Å²) in [6.45, 7) is 0.323. The van der Waals surface area contributed by atoms with Crippen LogP contribution in [0.1, 0.15) is 43.2 Å². The van der Waals surface area contributed by atoms with E-state index < -0.39 is 5.97 Å². The van der Waals surface area contributed by atoms with Gasteiger partial charge in [0.1, 0.15) is 0 Å². The Balaban J connectivity index is 1.61. The molecule has 36 heavy (non-hydrogen) atoms. The maximum Gasteiger partial charge on any atom is 0.328 e. The number of hydrogen-bond acceptors (Lipinski definition) is 4. The molecule has 1 aliphatic rings. The van der Waals surface area contributed by atoms with Crippen LogP contribution in [0, 0.1) is 5.92 Å². The summed E-state index contributed by atoms with van der Waals surface area (Å²) in [6.07, 6.45) is 12.6. The molecule has 0 saturated heterocycles. The monoisotopic (exact) mass is 502 g/mol. The second-order valence-electron chi connectivity index (χ2n) is 9.32. The average molecular weight is 503 g/mol. The molecule has 0 radical (unpaired) electrons. The van der Waals surface area contributed by atoms with Crippen LogP contribution in [0.4, 0.5) is 5.69 Å². The lowest BCUT2D eigenvalue weighted by atomic mass is 9.88. The van der Waals surface area contributed by atoms with Crippen LogP contribution in [0.25, 0.3) is 27.8 Å². The zero-order chi connectivity index (χ0) is 25.2. The molecule has 184 valence electrons. The number of anilines is 1. The summed E-state index contributed by atoms with van der Waals surface area (Å²) in [4.78, 5) is 31.0. The minimum Gasteiger partial charge on any atom is -0.478 e. The molecular weight excluding hydrogens is 476 g/mol. The molecule has 7 nitrogen and oxygen atoms in total.